The van der Waals surface area contributed by atoms with Crippen molar-refractivity contribution in [2.24, 2.45) is 0 Å². The topological polar surface area (TPSA) is 115 Å². The number of amides is 1. The van der Waals surface area contributed by atoms with E-state index < -0.39 is 17.2 Å². The molecule has 2 heterocycles. The lowest BCUT2D eigenvalue weighted by atomic mass is 10.2. The van der Waals surface area contributed by atoms with Gasteiger partial charge in [0.2, 0.25) is 0 Å². The third-order valence-electron chi connectivity index (χ3n) is 4.59. The molecule has 1 aromatic carbocycles. The Balaban J connectivity index is 1.69. The molecule has 28 heavy (non-hydrogen) atoms. The van der Waals surface area contributed by atoms with E-state index in [1.54, 1.807) is 18.2 Å². The number of nitrogens with one attached hydrogen (secondary N) is 2. The number of hydrogen-bond donors (Lipinski definition) is 2. The minimum atomic E-state index is -0.565. The molecule has 0 atom stereocenters. The highest BCUT2D eigenvalue weighted by molar-refractivity contribution is 6.05. The first-order valence-corrected chi connectivity index (χ1v) is 8.69. The summed E-state index contributed by atoms with van der Waals surface area (Å²) in [5.41, 5.74) is -0.0486. The molecule has 3 aromatic rings. The van der Waals surface area contributed by atoms with Crippen LogP contribution in [0.3, 0.4) is 0 Å². The number of aromatic nitrogens is 3. The summed E-state index contributed by atoms with van der Waals surface area (Å²) >= 11 is 0. The van der Waals surface area contributed by atoms with Gasteiger partial charge < -0.3 is 14.8 Å². The SMILES string of the molecule is COc1ccc(NC(=O)c2cnc3c(c2)c(=O)[nH]c(=O)n3C2CC2)cc1OC. The van der Waals surface area contributed by atoms with Gasteiger partial charge in [-0.05, 0) is 31.0 Å². The zero-order valence-electron chi connectivity index (χ0n) is 15.3. The first-order chi connectivity index (χ1) is 13.5. The van der Waals surface area contributed by atoms with Gasteiger partial charge in [0.1, 0.15) is 5.65 Å². The molecule has 0 aliphatic heterocycles. The summed E-state index contributed by atoms with van der Waals surface area (Å²) in [5.74, 6) is 0.574. The van der Waals surface area contributed by atoms with Crippen LogP contribution in [0, 0.1) is 0 Å². The molecule has 9 nitrogen and oxygen atoms in total. The number of carbonyl (C=O) groups excluding carboxylic acids is 1. The first-order valence-electron chi connectivity index (χ1n) is 8.69. The Bertz CT molecular complexity index is 1190. The Kier molecular flexibility index (Phi) is 4.34. The predicted octanol–water partition coefficient (Wildman–Crippen LogP) is 1.69. The maximum atomic E-state index is 12.6. The Labute approximate surface area is 158 Å². The lowest BCUT2D eigenvalue weighted by Gasteiger charge is -2.11. The molecule has 1 fully saturated rings. The van der Waals surface area contributed by atoms with Crippen molar-refractivity contribution in [3.8, 4) is 11.5 Å². The van der Waals surface area contributed by atoms with Crippen molar-refractivity contribution in [2.45, 2.75) is 18.9 Å². The molecule has 1 aliphatic rings. The molecule has 1 aliphatic carbocycles. The quantitative estimate of drug-likeness (QED) is 0.694. The molecule has 0 unspecified atom stereocenters. The molecule has 0 saturated heterocycles. The number of ether oxygens (including phenoxy) is 2. The van der Waals surface area contributed by atoms with Crippen molar-refractivity contribution in [1.82, 2.24) is 14.5 Å². The number of nitrogens with zero attached hydrogens (tertiary/aromatic N) is 2. The second-order valence-corrected chi connectivity index (χ2v) is 6.48. The van der Waals surface area contributed by atoms with Gasteiger partial charge in [0.15, 0.2) is 11.5 Å². The number of methoxy groups -OCH3 is 2. The highest BCUT2D eigenvalue weighted by Gasteiger charge is 2.27. The standard InChI is InChI=1S/C19H18N4O5/c1-27-14-6-3-11(8-15(14)28-2)21-17(24)10-7-13-16(20-9-10)23(12-4-5-12)19(26)22-18(13)25/h3,6-9,12H,4-5H2,1-2H3,(H,21,24)(H,22,25,26). The van der Waals surface area contributed by atoms with Crippen LogP contribution in [-0.2, 0) is 0 Å². The Morgan fingerprint density at radius 3 is 2.61 bits per heavy atom. The van der Waals surface area contributed by atoms with E-state index in [4.69, 9.17) is 9.47 Å². The second-order valence-electron chi connectivity index (χ2n) is 6.48. The minimum Gasteiger partial charge on any atom is -0.493 e. The summed E-state index contributed by atoms with van der Waals surface area (Å²) in [4.78, 5) is 43.4. The van der Waals surface area contributed by atoms with Crippen molar-refractivity contribution in [3.05, 3.63) is 56.9 Å². The Morgan fingerprint density at radius 1 is 1.18 bits per heavy atom. The highest BCUT2D eigenvalue weighted by atomic mass is 16.5. The number of benzene rings is 1. The molecule has 9 heteroatoms. The minimum absolute atomic E-state index is 0.0470. The van der Waals surface area contributed by atoms with Gasteiger partial charge in [-0.15, -0.1) is 0 Å². The largest absolute Gasteiger partial charge is 0.493 e. The molecule has 0 spiro atoms. The fourth-order valence-corrected chi connectivity index (χ4v) is 3.05. The fourth-order valence-electron chi connectivity index (χ4n) is 3.05. The van der Waals surface area contributed by atoms with Gasteiger partial charge in [-0.3, -0.25) is 19.1 Å². The van der Waals surface area contributed by atoms with Crippen LogP contribution < -0.4 is 26.0 Å². The van der Waals surface area contributed by atoms with E-state index in [0.29, 0.717) is 22.8 Å². The molecule has 0 bridgehead atoms. The van der Waals surface area contributed by atoms with E-state index in [1.165, 1.54) is 31.0 Å². The summed E-state index contributed by atoms with van der Waals surface area (Å²) in [5, 5.41) is 2.93. The van der Waals surface area contributed by atoms with Crippen molar-refractivity contribution in [1.29, 1.82) is 0 Å². The summed E-state index contributed by atoms with van der Waals surface area (Å²) in [6.07, 6.45) is 3.09. The Morgan fingerprint density at radius 2 is 1.93 bits per heavy atom. The van der Waals surface area contributed by atoms with Gasteiger partial charge in [0, 0.05) is 24.0 Å². The maximum Gasteiger partial charge on any atom is 0.330 e. The van der Waals surface area contributed by atoms with Gasteiger partial charge in [-0.25, -0.2) is 9.78 Å². The zero-order chi connectivity index (χ0) is 19.8. The van der Waals surface area contributed by atoms with E-state index in [9.17, 15) is 14.4 Å². The molecule has 2 N–H and O–H groups in total. The fraction of sp³-hybridized carbons (Fsp3) is 0.263. The average Bonchev–Trinajstić information content (AvgIpc) is 3.52. The number of fused-ring (bicyclic) bond motifs is 1. The van der Waals surface area contributed by atoms with Crippen LogP contribution in [0.25, 0.3) is 11.0 Å². The van der Waals surface area contributed by atoms with Crippen LogP contribution in [0.5, 0.6) is 11.5 Å². The highest BCUT2D eigenvalue weighted by Crippen LogP contribution is 2.34. The lowest BCUT2D eigenvalue weighted by Crippen LogP contribution is -2.30. The number of H-pyrrole nitrogens is 1. The van der Waals surface area contributed by atoms with Crippen LogP contribution >= 0.6 is 0 Å². The molecule has 1 saturated carbocycles. The van der Waals surface area contributed by atoms with Gasteiger partial charge in [0.05, 0.1) is 25.2 Å². The summed E-state index contributed by atoms with van der Waals surface area (Å²) in [6.45, 7) is 0. The molecule has 1 amide bonds. The zero-order valence-corrected chi connectivity index (χ0v) is 15.3. The van der Waals surface area contributed by atoms with E-state index in [0.717, 1.165) is 12.8 Å². The monoisotopic (exact) mass is 382 g/mol. The molecule has 4 rings (SSSR count). The van der Waals surface area contributed by atoms with Crippen LogP contribution in [-0.4, -0.2) is 34.7 Å². The Hall–Kier alpha value is -3.62. The number of carbonyl (C=O) groups is 1. The number of rotatable bonds is 5. The average molecular weight is 382 g/mol. The number of pyridine rings is 1. The molecular formula is C19H18N4O5. The maximum absolute atomic E-state index is 12.6. The van der Waals surface area contributed by atoms with Gasteiger partial charge in [-0.1, -0.05) is 0 Å². The van der Waals surface area contributed by atoms with Crippen LogP contribution in [0.1, 0.15) is 29.2 Å². The number of aromatic amines is 1. The summed E-state index contributed by atoms with van der Waals surface area (Å²) in [7, 11) is 3.03. The van der Waals surface area contributed by atoms with E-state index in [1.807, 2.05) is 0 Å². The van der Waals surface area contributed by atoms with Crippen molar-refractivity contribution >= 4 is 22.6 Å². The summed E-state index contributed by atoms with van der Waals surface area (Å²) < 4.78 is 11.9. The van der Waals surface area contributed by atoms with Crippen LogP contribution in [0.4, 0.5) is 5.69 Å². The molecule has 144 valence electrons. The van der Waals surface area contributed by atoms with Crippen molar-refractivity contribution in [3.63, 3.8) is 0 Å². The molecular weight excluding hydrogens is 364 g/mol. The van der Waals surface area contributed by atoms with E-state index >= 15 is 0 Å². The van der Waals surface area contributed by atoms with Crippen LogP contribution in [0.15, 0.2) is 40.1 Å². The first kappa shape index (κ1) is 17.8. The smallest absolute Gasteiger partial charge is 0.330 e. The van der Waals surface area contributed by atoms with Crippen molar-refractivity contribution in [2.75, 3.05) is 19.5 Å². The normalized spacial score (nSPS) is 13.4. The number of anilines is 1. The van der Waals surface area contributed by atoms with Crippen LogP contribution in [0.2, 0.25) is 0 Å². The molecule has 0 radical (unpaired) electrons. The van der Waals surface area contributed by atoms with E-state index in [2.05, 4.69) is 15.3 Å². The van der Waals surface area contributed by atoms with E-state index in [-0.39, 0.29) is 17.0 Å². The lowest BCUT2D eigenvalue weighted by molar-refractivity contribution is 0.102. The predicted molar refractivity (Wildman–Crippen MR) is 102 cm³/mol. The van der Waals surface area contributed by atoms with Gasteiger partial charge in [-0.2, -0.15) is 0 Å². The van der Waals surface area contributed by atoms with Gasteiger partial charge in [0.25, 0.3) is 11.5 Å². The van der Waals surface area contributed by atoms with Gasteiger partial charge >= 0.3 is 5.69 Å². The second kappa shape index (κ2) is 6.84. The molecule has 2 aromatic heterocycles. The summed E-state index contributed by atoms with van der Waals surface area (Å²) in [6, 6.07) is 6.46. The third kappa shape index (κ3) is 3.11. The van der Waals surface area contributed by atoms with Crippen molar-refractivity contribution < 1.29 is 14.3 Å². The third-order valence-corrected chi connectivity index (χ3v) is 4.59. The number of hydrogen-bond acceptors (Lipinski definition) is 6.